The Labute approximate surface area is 282 Å². The fourth-order valence-corrected chi connectivity index (χ4v) is 10.8. The molecule has 11 heteroatoms. The molecule has 48 heavy (non-hydrogen) atoms. The Morgan fingerprint density at radius 1 is 1.00 bits per heavy atom. The standard InChI is InChI=1S/C37H43N5O5Si/c1-25-35(48(2,3)46)33(19-21-40-23-31(38-39-40)29(24-43)26-12-6-4-7-13-26)47-37(25)30-22-28(41-20-11-10-16-34(41)44)17-18-32(30)42(36(37)45)27-14-8-5-9-15-27/h4-9,12-15,17-18,22-23,25,29,33,35,43,46H,10-11,16,19-21,24H2,1-3H3/t25-,29?,33+,35-,37+/m1/s1. The molecule has 3 aliphatic heterocycles. The lowest BCUT2D eigenvalue weighted by molar-refractivity contribution is -0.145. The number of para-hydroxylation sites is 1. The van der Waals surface area contributed by atoms with Crippen LogP contribution in [0.3, 0.4) is 0 Å². The number of fused-ring (bicyclic) bond motifs is 2. The molecule has 2 amide bonds. The van der Waals surface area contributed by atoms with Crippen molar-refractivity contribution < 1.29 is 24.2 Å². The Hall–Kier alpha value is -4.16. The maximum Gasteiger partial charge on any atom is 0.268 e. The zero-order chi connectivity index (χ0) is 33.6. The molecule has 0 aliphatic carbocycles. The number of aromatic nitrogens is 3. The molecule has 250 valence electrons. The van der Waals surface area contributed by atoms with E-state index >= 15 is 0 Å². The highest BCUT2D eigenvalue weighted by Crippen LogP contribution is 2.61. The number of hydrogen-bond acceptors (Lipinski definition) is 7. The number of benzene rings is 3. The van der Waals surface area contributed by atoms with Crippen LogP contribution in [-0.2, 0) is 26.5 Å². The number of hydrogen-bond donors (Lipinski definition) is 2. The lowest BCUT2D eigenvalue weighted by Crippen LogP contribution is -2.45. The molecular weight excluding hydrogens is 623 g/mol. The van der Waals surface area contributed by atoms with Crippen molar-refractivity contribution >= 4 is 37.2 Å². The smallest absolute Gasteiger partial charge is 0.268 e. The van der Waals surface area contributed by atoms with E-state index < -0.39 is 20.0 Å². The molecule has 5 atom stereocenters. The molecule has 4 heterocycles. The monoisotopic (exact) mass is 665 g/mol. The predicted octanol–water partition coefficient (Wildman–Crippen LogP) is 5.49. The normalized spacial score (nSPS) is 24.8. The zero-order valence-electron chi connectivity index (χ0n) is 27.7. The minimum Gasteiger partial charge on any atom is -0.432 e. The summed E-state index contributed by atoms with van der Waals surface area (Å²) >= 11 is 0. The Balaban J connectivity index is 1.24. The SMILES string of the molecule is C[C@@H]1[C@@H]([Si](C)(C)O)[C@H](CCn2cc(C(CO)c3ccccc3)nn2)O[C@@]12C(=O)N(c1ccccc1)c1ccc(N3CCCCC3=O)cc12. The Morgan fingerprint density at radius 3 is 2.42 bits per heavy atom. The van der Waals surface area contributed by atoms with Gasteiger partial charge >= 0.3 is 0 Å². The molecule has 1 aromatic heterocycles. The molecule has 2 fully saturated rings. The van der Waals surface area contributed by atoms with Crippen LogP contribution in [0, 0.1) is 5.92 Å². The summed E-state index contributed by atoms with van der Waals surface area (Å²) in [6, 6.07) is 25.2. The topological polar surface area (TPSA) is 121 Å². The van der Waals surface area contributed by atoms with Gasteiger partial charge in [0, 0.05) is 54.1 Å². The number of piperidine rings is 1. The Bertz CT molecular complexity index is 1790. The third kappa shape index (κ3) is 5.48. The third-order valence-electron chi connectivity index (χ3n) is 10.5. The van der Waals surface area contributed by atoms with E-state index in [0.717, 1.165) is 41.0 Å². The van der Waals surface area contributed by atoms with Crippen LogP contribution in [0.1, 0.15) is 55.3 Å². The van der Waals surface area contributed by atoms with Crippen LogP contribution >= 0.6 is 0 Å². The van der Waals surface area contributed by atoms with Gasteiger partial charge in [-0.3, -0.25) is 19.2 Å². The van der Waals surface area contributed by atoms with E-state index in [1.807, 2.05) is 110 Å². The molecule has 2 N–H and O–H groups in total. The maximum absolute atomic E-state index is 14.9. The number of aryl methyl sites for hydroxylation is 1. The summed E-state index contributed by atoms with van der Waals surface area (Å²) < 4.78 is 8.82. The minimum atomic E-state index is -2.89. The third-order valence-corrected chi connectivity index (χ3v) is 13.0. The van der Waals surface area contributed by atoms with Gasteiger partial charge in [-0.1, -0.05) is 60.7 Å². The molecule has 3 aromatic carbocycles. The highest BCUT2D eigenvalue weighted by molar-refractivity contribution is 6.71. The largest absolute Gasteiger partial charge is 0.432 e. The summed E-state index contributed by atoms with van der Waals surface area (Å²) in [4.78, 5) is 43.2. The van der Waals surface area contributed by atoms with E-state index in [1.165, 1.54) is 0 Å². The number of nitrogens with zero attached hydrogens (tertiary/aromatic N) is 5. The van der Waals surface area contributed by atoms with Crippen LogP contribution in [0.5, 0.6) is 0 Å². The fourth-order valence-electron chi connectivity index (χ4n) is 8.24. The summed E-state index contributed by atoms with van der Waals surface area (Å²) in [6.07, 6.45) is 4.24. The van der Waals surface area contributed by atoms with Crippen molar-refractivity contribution in [2.75, 3.05) is 23.0 Å². The first kappa shape index (κ1) is 32.4. The molecule has 0 saturated carbocycles. The highest BCUT2D eigenvalue weighted by Gasteiger charge is 2.66. The number of aliphatic hydroxyl groups is 1. The second-order valence-corrected chi connectivity index (χ2v) is 17.9. The number of carbonyl (C=O) groups excluding carboxylic acids is 2. The van der Waals surface area contributed by atoms with Gasteiger partial charge in [-0.25, -0.2) is 0 Å². The minimum absolute atomic E-state index is 0.0856. The van der Waals surface area contributed by atoms with E-state index in [9.17, 15) is 19.5 Å². The summed E-state index contributed by atoms with van der Waals surface area (Å²) in [5.74, 6) is -0.729. The molecule has 1 unspecified atom stereocenters. The predicted molar refractivity (Wildman–Crippen MR) is 185 cm³/mol. The van der Waals surface area contributed by atoms with Crippen LogP contribution < -0.4 is 9.80 Å². The van der Waals surface area contributed by atoms with Gasteiger partial charge < -0.3 is 19.5 Å². The van der Waals surface area contributed by atoms with Crippen molar-refractivity contribution in [2.45, 2.75) is 75.4 Å². The summed E-state index contributed by atoms with van der Waals surface area (Å²) in [5, 5.41) is 18.9. The van der Waals surface area contributed by atoms with Gasteiger partial charge in [-0.15, -0.1) is 5.10 Å². The molecule has 10 nitrogen and oxygen atoms in total. The van der Waals surface area contributed by atoms with Gasteiger partial charge in [0.15, 0.2) is 13.9 Å². The van der Waals surface area contributed by atoms with Crippen molar-refractivity contribution in [3.8, 4) is 0 Å². The summed E-state index contributed by atoms with van der Waals surface area (Å²) in [6.45, 7) is 6.87. The van der Waals surface area contributed by atoms with Gasteiger partial charge in [0.2, 0.25) is 5.91 Å². The van der Waals surface area contributed by atoms with Crippen LogP contribution in [0.15, 0.2) is 85.1 Å². The van der Waals surface area contributed by atoms with E-state index in [4.69, 9.17) is 4.74 Å². The first-order valence-corrected chi connectivity index (χ1v) is 20.0. The van der Waals surface area contributed by atoms with Gasteiger partial charge in [0.1, 0.15) is 0 Å². The summed E-state index contributed by atoms with van der Waals surface area (Å²) in [7, 11) is -2.89. The molecule has 1 spiro atoms. The van der Waals surface area contributed by atoms with Gasteiger partial charge in [-0.05, 0) is 68.3 Å². The zero-order valence-corrected chi connectivity index (χ0v) is 28.7. The van der Waals surface area contributed by atoms with Crippen molar-refractivity contribution in [1.29, 1.82) is 0 Å². The van der Waals surface area contributed by atoms with Crippen molar-refractivity contribution in [3.05, 3.63) is 102 Å². The number of rotatable bonds is 9. The van der Waals surface area contributed by atoms with Crippen molar-refractivity contribution in [3.63, 3.8) is 0 Å². The summed E-state index contributed by atoms with van der Waals surface area (Å²) in [5.41, 5.74) is 3.01. The average molecular weight is 666 g/mol. The van der Waals surface area contributed by atoms with E-state index in [-0.39, 0.29) is 35.8 Å². The maximum atomic E-state index is 14.9. The highest BCUT2D eigenvalue weighted by atomic mass is 28.4. The van der Waals surface area contributed by atoms with E-state index in [2.05, 4.69) is 10.3 Å². The van der Waals surface area contributed by atoms with Crippen molar-refractivity contribution in [1.82, 2.24) is 15.0 Å². The molecule has 2 saturated heterocycles. The Morgan fingerprint density at radius 2 is 1.73 bits per heavy atom. The first-order valence-electron chi connectivity index (χ1n) is 16.9. The Kier molecular flexibility index (Phi) is 8.57. The average Bonchev–Trinajstić information content (AvgIpc) is 3.74. The molecule has 0 bridgehead atoms. The quantitative estimate of drug-likeness (QED) is 0.227. The van der Waals surface area contributed by atoms with Crippen LogP contribution in [0.25, 0.3) is 0 Å². The fraction of sp³-hybridized carbons (Fsp3) is 0.405. The molecule has 0 radical (unpaired) electrons. The lowest BCUT2D eigenvalue weighted by atomic mass is 9.82. The van der Waals surface area contributed by atoms with E-state index in [0.29, 0.717) is 31.6 Å². The number of amides is 2. The first-order chi connectivity index (χ1) is 23.1. The number of carbonyl (C=O) groups is 2. The van der Waals surface area contributed by atoms with E-state index in [1.54, 1.807) is 9.58 Å². The molecule has 3 aliphatic rings. The molecular formula is C37H43N5O5Si. The number of ether oxygens (including phenoxy) is 1. The van der Waals surface area contributed by atoms with Crippen molar-refractivity contribution in [2.24, 2.45) is 5.92 Å². The molecule has 4 aromatic rings. The second-order valence-electron chi connectivity index (χ2n) is 13.9. The number of aliphatic hydroxyl groups excluding tert-OH is 1. The van der Waals surface area contributed by atoms with Gasteiger partial charge in [0.25, 0.3) is 5.91 Å². The lowest BCUT2D eigenvalue weighted by Gasteiger charge is -2.33. The molecule has 7 rings (SSSR count). The van der Waals surface area contributed by atoms with Gasteiger partial charge in [0.05, 0.1) is 30.0 Å². The van der Waals surface area contributed by atoms with Gasteiger partial charge in [-0.2, -0.15) is 0 Å². The van der Waals surface area contributed by atoms with Crippen LogP contribution in [0.2, 0.25) is 18.6 Å². The second kappa shape index (κ2) is 12.7. The van der Waals surface area contributed by atoms with Crippen LogP contribution in [0.4, 0.5) is 17.1 Å². The van der Waals surface area contributed by atoms with Crippen LogP contribution in [-0.4, -0.2) is 64.3 Å². The number of anilines is 3.